The number of carboxylic acids is 1. The van der Waals surface area contributed by atoms with E-state index in [0.717, 1.165) is 10.0 Å². The van der Waals surface area contributed by atoms with E-state index in [-0.39, 0.29) is 12.3 Å². The first kappa shape index (κ1) is 13.7. The highest BCUT2D eigenvalue weighted by molar-refractivity contribution is 9.10. The van der Waals surface area contributed by atoms with Gasteiger partial charge in [0.05, 0.1) is 0 Å². The Hall–Kier alpha value is -1.76. The van der Waals surface area contributed by atoms with Gasteiger partial charge in [0, 0.05) is 23.0 Å². The molecule has 0 saturated heterocycles. The first-order chi connectivity index (χ1) is 9.06. The van der Waals surface area contributed by atoms with Crippen LogP contribution in [0.2, 0.25) is 0 Å². The molecule has 19 heavy (non-hydrogen) atoms. The molecule has 0 aliphatic rings. The molecular weight excluding hydrogens is 312 g/mol. The van der Waals surface area contributed by atoms with Crippen LogP contribution >= 0.6 is 15.9 Å². The molecule has 0 radical (unpaired) electrons. The Labute approximate surface area is 118 Å². The van der Waals surface area contributed by atoms with Crippen molar-refractivity contribution < 1.29 is 9.90 Å². The number of aromatic nitrogens is 4. The van der Waals surface area contributed by atoms with Crippen LogP contribution in [0.3, 0.4) is 0 Å². The molecule has 0 saturated carbocycles. The summed E-state index contributed by atoms with van der Waals surface area (Å²) in [6.07, 6.45) is 0.0969. The number of carbonyl (C=O) groups is 1. The van der Waals surface area contributed by atoms with E-state index in [4.69, 9.17) is 5.11 Å². The number of rotatable bonds is 5. The van der Waals surface area contributed by atoms with Crippen LogP contribution in [-0.2, 0) is 11.3 Å². The number of benzene rings is 1. The minimum atomic E-state index is -0.814. The van der Waals surface area contributed by atoms with Crippen LogP contribution in [-0.4, -0.2) is 31.3 Å². The largest absolute Gasteiger partial charge is 0.481 e. The summed E-state index contributed by atoms with van der Waals surface area (Å²) >= 11 is 3.37. The molecule has 0 fully saturated rings. The molecule has 0 amide bonds. The van der Waals surface area contributed by atoms with Gasteiger partial charge in [-0.15, -0.1) is 5.10 Å². The fraction of sp³-hybridized carbons (Fsp3) is 0.333. The smallest absolute Gasteiger partial charge is 0.303 e. The Morgan fingerprint density at radius 3 is 2.74 bits per heavy atom. The zero-order valence-electron chi connectivity index (χ0n) is 10.3. The zero-order valence-corrected chi connectivity index (χ0v) is 11.9. The predicted molar refractivity (Wildman–Crippen MR) is 72.4 cm³/mol. The van der Waals surface area contributed by atoms with Gasteiger partial charge in [-0.1, -0.05) is 35.0 Å². The highest BCUT2D eigenvalue weighted by Crippen LogP contribution is 2.20. The molecule has 7 heteroatoms. The van der Waals surface area contributed by atoms with Gasteiger partial charge in [-0.2, -0.15) is 0 Å². The van der Waals surface area contributed by atoms with Crippen LogP contribution in [0.15, 0.2) is 28.7 Å². The van der Waals surface area contributed by atoms with Gasteiger partial charge < -0.3 is 5.11 Å². The van der Waals surface area contributed by atoms with Gasteiger partial charge in [0.1, 0.15) is 0 Å². The Kier molecular flexibility index (Phi) is 4.26. The van der Waals surface area contributed by atoms with E-state index < -0.39 is 5.97 Å². The van der Waals surface area contributed by atoms with Gasteiger partial charge in [-0.25, -0.2) is 4.68 Å². The highest BCUT2D eigenvalue weighted by Gasteiger charge is 2.14. The molecule has 1 atom stereocenters. The normalized spacial score (nSPS) is 12.3. The van der Waals surface area contributed by atoms with Gasteiger partial charge in [0.25, 0.3) is 0 Å². The lowest BCUT2D eigenvalue weighted by atomic mass is 10.1. The van der Waals surface area contributed by atoms with Crippen LogP contribution in [0.4, 0.5) is 0 Å². The van der Waals surface area contributed by atoms with Crippen LogP contribution in [0, 0.1) is 5.92 Å². The molecule has 1 unspecified atom stereocenters. The maximum Gasteiger partial charge on any atom is 0.303 e. The van der Waals surface area contributed by atoms with Crippen LogP contribution in [0.25, 0.3) is 11.4 Å². The summed E-state index contributed by atoms with van der Waals surface area (Å²) in [5.41, 5.74) is 0.899. The third-order valence-corrected chi connectivity index (χ3v) is 3.17. The molecule has 2 aromatic rings. The summed E-state index contributed by atoms with van der Waals surface area (Å²) in [6.45, 7) is 2.34. The van der Waals surface area contributed by atoms with Crippen LogP contribution < -0.4 is 0 Å². The topological polar surface area (TPSA) is 80.9 Å². The van der Waals surface area contributed by atoms with Crippen molar-refractivity contribution in [3.63, 3.8) is 0 Å². The van der Waals surface area contributed by atoms with Crippen molar-refractivity contribution in [2.75, 3.05) is 0 Å². The van der Waals surface area contributed by atoms with Gasteiger partial charge in [0.15, 0.2) is 5.82 Å². The average molecular weight is 325 g/mol. The van der Waals surface area contributed by atoms with E-state index in [2.05, 4.69) is 31.5 Å². The first-order valence-corrected chi connectivity index (χ1v) is 6.59. The second kappa shape index (κ2) is 5.92. The summed E-state index contributed by atoms with van der Waals surface area (Å²) in [5.74, 6) is -0.203. The molecule has 1 heterocycles. The first-order valence-electron chi connectivity index (χ1n) is 5.80. The standard InChI is InChI=1S/C12H13BrN4O2/c1-8(6-11(18)19)7-17-12(14-15-16-17)9-2-4-10(13)5-3-9/h2-5,8H,6-7H2,1H3,(H,18,19). The molecule has 0 spiro atoms. The van der Waals surface area contributed by atoms with E-state index in [1.54, 1.807) is 4.68 Å². The van der Waals surface area contributed by atoms with Crippen LogP contribution in [0.5, 0.6) is 0 Å². The molecule has 1 aromatic heterocycles. The molecule has 0 bridgehead atoms. The van der Waals surface area contributed by atoms with Crippen molar-refractivity contribution >= 4 is 21.9 Å². The maximum atomic E-state index is 10.7. The number of halogens is 1. The molecule has 1 aromatic carbocycles. The molecule has 0 aliphatic carbocycles. The van der Waals surface area contributed by atoms with Crippen molar-refractivity contribution in [1.82, 2.24) is 20.2 Å². The van der Waals surface area contributed by atoms with Crippen molar-refractivity contribution in [2.24, 2.45) is 5.92 Å². The number of tetrazole rings is 1. The maximum absolute atomic E-state index is 10.7. The predicted octanol–water partition coefficient (Wildman–Crippen LogP) is 2.21. The molecular formula is C12H13BrN4O2. The molecule has 0 aliphatic heterocycles. The number of nitrogens with zero attached hydrogens (tertiary/aromatic N) is 4. The lowest BCUT2D eigenvalue weighted by Crippen LogP contribution is -2.14. The number of hydrogen-bond acceptors (Lipinski definition) is 4. The number of carboxylic acid groups (broad SMARTS) is 1. The summed E-state index contributed by atoms with van der Waals surface area (Å²) < 4.78 is 2.62. The average Bonchev–Trinajstić information content (AvgIpc) is 2.77. The molecule has 2 rings (SSSR count). The third-order valence-electron chi connectivity index (χ3n) is 2.64. The fourth-order valence-electron chi connectivity index (χ4n) is 1.79. The highest BCUT2D eigenvalue weighted by atomic mass is 79.9. The monoisotopic (exact) mass is 324 g/mol. The van der Waals surface area contributed by atoms with Crippen molar-refractivity contribution in [3.8, 4) is 11.4 Å². The second-order valence-corrected chi connectivity index (χ2v) is 5.31. The third kappa shape index (κ3) is 3.60. The summed E-state index contributed by atoms with van der Waals surface area (Å²) in [6, 6.07) is 7.65. The second-order valence-electron chi connectivity index (χ2n) is 4.39. The van der Waals surface area contributed by atoms with Gasteiger partial charge in [-0.05, 0) is 28.5 Å². The molecule has 1 N–H and O–H groups in total. The van der Waals surface area contributed by atoms with Gasteiger partial charge >= 0.3 is 5.97 Å². The quantitative estimate of drug-likeness (QED) is 0.911. The SMILES string of the molecule is CC(CC(=O)O)Cn1nnnc1-c1ccc(Br)cc1. The molecule has 6 nitrogen and oxygen atoms in total. The Morgan fingerprint density at radius 2 is 2.11 bits per heavy atom. The van der Waals surface area contributed by atoms with Crippen molar-refractivity contribution in [1.29, 1.82) is 0 Å². The summed E-state index contributed by atoms with van der Waals surface area (Å²) in [5, 5.41) is 20.3. The Balaban J connectivity index is 2.18. The van der Waals surface area contributed by atoms with E-state index in [1.165, 1.54) is 0 Å². The lowest BCUT2D eigenvalue weighted by molar-refractivity contribution is -0.138. The summed E-state index contributed by atoms with van der Waals surface area (Å²) in [7, 11) is 0. The number of hydrogen-bond donors (Lipinski definition) is 1. The molecule has 100 valence electrons. The van der Waals surface area contributed by atoms with Crippen molar-refractivity contribution in [2.45, 2.75) is 19.9 Å². The van der Waals surface area contributed by atoms with E-state index in [9.17, 15) is 4.79 Å². The van der Waals surface area contributed by atoms with Gasteiger partial charge in [0.2, 0.25) is 0 Å². The van der Waals surface area contributed by atoms with E-state index in [0.29, 0.717) is 12.4 Å². The fourth-order valence-corrected chi connectivity index (χ4v) is 2.06. The summed E-state index contributed by atoms with van der Waals surface area (Å²) in [4.78, 5) is 10.7. The zero-order chi connectivity index (χ0) is 13.8. The lowest BCUT2D eigenvalue weighted by Gasteiger charge is -2.09. The van der Waals surface area contributed by atoms with Gasteiger partial charge in [-0.3, -0.25) is 4.79 Å². The van der Waals surface area contributed by atoms with E-state index >= 15 is 0 Å². The Morgan fingerprint density at radius 1 is 1.42 bits per heavy atom. The van der Waals surface area contributed by atoms with Crippen molar-refractivity contribution in [3.05, 3.63) is 28.7 Å². The minimum Gasteiger partial charge on any atom is -0.481 e. The minimum absolute atomic E-state index is 0.0322. The number of aliphatic carboxylic acids is 1. The Bertz CT molecular complexity index is 567. The van der Waals surface area contributed by atoms with Crippen LogP contribution in [0.1, 0.15) is 13.3 Å². The van der Waals surface area contributed by atoms with E-state index in [1.807, 2.05) is 31.2 Å².